The lowest BCUT2D eigenvalue weighted by Gasteiger charge is -2.06. The Hall–Kier alpha value is -4.08. The van der Waals surface area contributed by atoms with Crippen molar-refractivity contribution >= 4 is 17.9 Å². The predicted molar refractivity (Wildman–Crippen MR) is 99.5 cm³/mol. The lowest BCUT2D eigenvalue weighted by Crippen LogP contribution is -2.41. The van der Waals surface area contributed by atoms with E-state index in [4.69, 9.17) is 13.9 Å². The van der Waals surface area contributed by atoms with Gasteiger partial charge in [0.1, 0.15) is 5.76 Å². The number of para-hydroxylation sites is 1. The highest BCUT2D eigenvalue weighted by atomic mass is 16.5. The second-order valence-electron chi connectivity index (χ2n) is 5.71. The molecule has 0 spiro atoms. The maximum Gasteiger partial charge on any atom is 0.363 e. The Bertz CT molecular complexity index is 982. The molecule has 150 valence electrons. The van der Waals surface area contributed by atoms with Crippen molar-refractivity contribution < 1.29 is 28.3 Å². The Morgan fingerprint density at radius 1 is 1.14 bits per heavy atom. The number of hydrogen-bond acceptors (Lipinski definition) is 7. The van der Waals surface area contributed by atoms with E-state index in [-0.39, 0.29) is 18.0 Å². The lowest BCUT2D eigenvalue weighted by molar-refractivity contribution is -0.123. The third kappa shape index (κ3) is 5.22. The maximum atomic E-state index is 12.3. The van der Waals surface area contributed by atoms with Gasteiger partial charge in [-0.25, -0.2) is 14.3 Å². The summed E-state index contributed by atoms with van der Waals surface area (Å²) in [6.45, 7) is -0.547. The van der Waals surface area contributed by atoms with Gasteiger partial charge in [-0.2, -0.15) is 5.10 Å². The first-order chi connectivity index (χ1) is 14.1. The average Bonchev–Trinajstić information content (AvgIpc) is 3.41. The third-order valence-electron chi connectivity index (χ3n) is 3.71. The number of ether oxygens (including phenoxy) is 2. The summed E-state index contributed by atoms with van der Waals surface area (Å²) >= 11 is 0. The number of benzene rings is 1. The number of carbonyl (C=O) groups is 3. The maximum absolute atomic E-state index is 12.3. The molecule has 0 saturated carbocycles. The molecule has 10 nitrogen and oxygen atoms in total. The Morgan fingerprint density at radius 2 is 1.93 bits per heavy atom. The van der Waals surface area contributed by atoms with Crippen molar-refractivity contribution in [2.24, 2.45) is 0 Å². The molecule has 1 aromatic carbocycles. The quantitative estimate of drug-likeness (QED) is 0.580. The smallest absolute Gasteiger partial charge is 0.363 e. The molecule has 3 aromatic rings. The summed E-state index contributed by atoms with van der Waals surface area (Å²) < 4.78 is 16.6. The zero-order valence-corrected chi connectivity index (χ0v) is 15.5. The molecular weight excluding hydrogens is 380 g/mol. The Kier molecular flexibility index (Phi) is 6.25. The second-order valence-corrected chi connectivity index (χ2v) is 5.71. The molecule has 0 aliphatic carbocycles. The van der Waals surface area contributed by atoms with E-state index in [9.17, 15) is 14.4 Å². The van der Waals surface area contributed by atoms with Crippen molar-refractivity contribution in [3.8, 4) is 11.4 Å². The highest BCUT2D eigenvalue weighted by Crippen LogP contribution is 2.20. The molecule has 29 heavy (non-hydrogen) atoms. The van der Waals surface area contributed by atoms with Gasteiger partial charge in [0.05, 0.1) is 31.8 Å². The van der Waals surface area contributed by atoms with E-state index < -0.39 is 24.5 Å². The summed E-state index contributed by atoms with van der Waals surface area (Å²) in [6, 6.07) is 11.7. The molecule has 0 radical (unpaired) electrons. The summed E-state index contributed by atoms with van der Waals surface area (Å²) in [6.07, 6.45) is 2.99. The molecule has 0 atom stereocenters. The van der Waals surface area contributed by atoms with E-state index in [0.29, 0.717) is 5.76 Å². The van der Waals surface area contributed by atoms with Gasteiger partial charge in [-0.15, -0.1) is 0 Å². The largest absolute Gasteiger partial charge is 0.493 e. The summed E-state index contributed by atoms with van der Waals surface area (Å²) in [5.74, 6) is -0.935. The van der Waals surface area contributed by atoms with Crippen molar-refractivity contribution in [2.75, 3.05) is 13.7 Å². The predicted octanol–water partition coefficient (Wildman–Crippen LogP) is 1.66. The molecule has 0 aliphatic heterocycles. The third-order valence-corrected chi connectivity index (χ3v) is 3.71. The average molecular weight is 398 g/mol. The molecule has 3 amide bonds. The second kappa shape index (κ2) is 9.22. The van der Waals surface area contributed by atoms with Gasteiger partial charge in [-0.1, -0.05) is 18.2 Å². The van der Waals surface area contributed by atoms with Gasteiger partial charge in [-0.3, -0.25) is 10.1 Å². The van der Waals surface area contributed by atoms with Crippen molar-refractivity contribution in [3.63, 3.8) is 0 Å². The van der Waals surface area contributed by atoms with E-state index in [2.05, 4.69) is 10.4 Å². The van der Waals surface area contributed by atoms with Crippen LogP contribution in [-0.4, -0.2) is 41.4 Å². The van der Waals surface area contributed by atoms with Crippen LogP contribution < -0.4 is 15.4 Å². The van der Waals surface area contributed by atoms with Crippen LogP contribution in [0.5, 0.6) is 5.75 Å². The normalized spacial score (nSPS) is 10.2. The fourth-order valence-corrected chi connectivity index (χ4v) is 2.35. The van der Waals surface area contributed by atoms with Gasteiger partial charge in [0.25, 0.3) is 5.91 Å². The molecule has 2 heterocycles. The van der Waals surface area contributed by atoms with E-state index in [1.54, 1.807) is 24.3 Å². The Balaban J connectivity index is 1.52. The lowest BCUT2D eigenvalue weighted by atomic mass is 10.3. The highest BCUT2D eigenvalue weighted by molar-refractivity contribution is 5.97. The zero-order chi connectivity index (χ0) is 20.6. The molecule has 0 fully saturated rings. The van der Waals surface area contributed by atoms with Crippen LogP contribution in [0.2, 0.25) is 0 Å². The number of esters is 1. The number of methoxy groups -OCH3 is 1. The van der Waals surface area contributed by atoms with E-state index in [1.807, 2.05) is 23.5 Å². The summed E-state index contributed by atoms with van der Waals surface area (Å²) in [5, 5.41) is 8.62. The van der Waals surface area contributed by atoms with Gasteiger partial charge < -0.3 is 19.2 Å². The number of nitrogens with zero attached hydrogens (tertiary/aromatic N) is 2. The minimum Gasteiger partial charge on any atom is -0.493 e. The van der Waals surface area contributed by atoms with Crippen LogP contribution in [0.4, 0.5) is 4.79 Å². The number of carbonyl (C=O) groups excluding carboxylic acids is 3. The first kappa shape index (κ1) is 19.7. The number of nitrogens with one attached hydrogen (secondary N) is 2. The number of imide groups is 1. The molecule has 0 aliphatic rings. The molecule has 2 N–H and O–H groups in total. The molecule has 3 rings (SSSR count). The van der Waals surface area contributed by atoms with E-state index >= 15 is 0 Å². The first-order valence-electron chi connectivity index (χ1n) is 8.53. The van der Waals surface area contributed by atoms with E-state index in [1.165, 1.54) is 24.3 Å². The molecular formula is C19H18N4O6. The molecule has 0 saturated heterocycles. The van der Waals surface area contributed by atoms with Gasteiger partial charge in [0.2, 0.25) is 5.69 Å². The summed E-state index contributed by atoms with van der Waals surface area (Å²) in [7, 11) is 1.39. The van der Waals surface area contributed by atoms with Crippen LogP contribution in [0.15, 0.2) is 59.3 Å². The highest BCUT2D eigenvalue weighted by Gasteiger charge is 2.21. The monoisotopic (exact) mass is 398 g/mol. The van der Waals surface area contributed by atoms with E-state index in [0.717, 1.165) is 5.69 Å². The van der Waals surface area contributed by atoms with Crippen LogP contribution in [0.25, 0.3) is 5.69 Å². The van der Waals surface area contributed by atoms with Gasteiger partial charge in [0, 0.05) is 0 Å². The SMILES string of the molecule is COc1cn(-c2ccccc2)nc1C(=O)OCC(=O)NC(=O)NCc1ccco1. The van der Waals surface area contributed by atoms with Crippen LogP contribution in [0.3, 0.4) is 0 Å². The number of furan rings is 1. The van der Waals surface area contributed by atoms with Crippen molar-refractivity contribution in [3.05, 3.63) is 66.4 Å². The van der Waals surface area contributed by atoms with Gasteiger partial charge in [-0.05, 0) is 24.3 Å². The number of amides is 3. The van der Waals surface area contributed by atoms with Crippen molar-refractivity contribution in [2.45, 2.75) is 6.54 Å². The number of aromatic nitrogens is 2. The van der Waals surface area contributed by atoms with Crippen LogP contribution in [-0.2, 0) is 16.1 Å². The minimum atomic E-state index is -0.859. The van der Waals surface area contributed by atoms with Gasteiger partial charge >= 0.3 is 12.0 Å². The summed E-state index contributed by atoms with van der Waals surface area (Å²) in [5.41, 5.74) is 0.627. The van der Waals surface area contributed by atoms with Crippen LogP contribution >= 0.6 is 0 Å². The summed E-state index contributed by atoms with van der Waals surface area (Å²) in [4.78, 5) is 35.7. The standard InChI is InChI=1S/C19H18N4O6/c1-27-15-11-23(13-6-3-2-4-7-13)22-17(15)18(25)29-12-16(24)21-19(26)20-10-14-8-5-9-28-14/h2-9,11H,10,12H2,1H3,(H2,20,21,24,26). The van der Waals surface area contributed by atoms with Gasteiger partial charge in [0.15, 0.2) is 12.4 Å². The van der Waals surface area contributed by atoms with Crippen LogP contribution in [0.1, 0.15) is 16.2 Å². The van der Waals surface area contributed by atoms with Crippen molar-refractivity contribution in [1.82, 2.24) is 20.4 Å². The first-order valence-corrected chi connectivity index (χ1v) is 8.53. The minimum absolute atomic E-state index is 0.0913. The zero-order valence-electron chi connectivity index (χ0n) is 15.5. The number of hydrogen-bond donors (Lipinski definition) is 2. The molecule has 0 unspecified atom stereocenters. The fourth-order valence-electron chi connectivity index (χ4n) is 2.35. The van der Waals surface area contributed by atoms with Crippen molar-refractivity contribution in [1.29, 1.82) is 0 Å². The fraction of sp³-hybridized carbons (Fsp3) is 0.158. The number of rotatable bonds is 7. The Labute approximate surface area is 165 Å². The topological polar surface area (TPSA) is 125 Å². The number of urea groups is 1. The molecule has 2 aromatic heterocycles. The molecule has 0 bridgehead atoms. The Morgan fingerprint density at radius 3 is 2.62 bits per heavy atom. The molecule has 10 heteroatoms. The van der Waals surface area contributed by atoms with Crippen LogP contribution in [0, 0.1) is 0 Å².